The van der Waals surface area contributed by atoms with Crippen molar-refractivity contribution in [3.8, 4) is 11.4 Å². The number of hydrogen-bond donors (Lipinski definition) is 1. The number of aliphatic carboxylic acids is 1. The van der Waals surface area contributed by atoms with Gasteiger partial charge in [0.15, 0.2) is 5.82 Å². The van der Waals surface area contributed by atoms with Crippen molar-refractivity contribution in [3.05, 3.63) is 29.0 Å². The van der Waals surface area contributed by atoms with E-state index in [9.17, 15) is 4.79 Å². The maximum absolute atomic E-state index is 10.7. The van der Waals surface area contributed by atoms with Gasteiger partial charge in [-0.05, 0) is 32.0 Å². The summed E-state index contributed by atoms with van der Waals surface area (Å²) in [7, 11) is 0. The van der Waals surface area contributed by atoms with Crippen LogP contribution in [0.3, 0.4) is 0 Å². The van der Waals surface area contributed by atoms with Crippen molar-refractivity contribution in [2.75, 3.05) is 0 Å². The number of carbonyl (C=O) groups is 1. The Labute approximate surface area is 118 Å². The number of thiazole rings is 1. The number of nitrogens with zero attached hydrogens (tertiary/aromatic N) is 4. The lowest BCUT2D eigenvalue weighted by atomic mass is 10.2. The molecule has 0 aliphatic rings. The molecule has 6 nitrogen and oxygen atoms in total. The predicted octanol–water partition coefficient (Wildman–Crippen LogP) is 2.26. The Morgan fingerprint density at radius 1 is 1.35 bits per heavy atom. The highest BCUT2D eigenvalue weighted by Gasteiger charge is 2.12. The lowest BCUT2D eigenvalue weighted by molar-refractivity contribution is -0.137. The van der Waals surface area contributed by atoms with E-state index in [1.54, 1.807) is 18.3 Å². The molecule has 0 unspecified atom stereocenters. The van der Waals surface area contributed by atoms with Crippen LogP contribution in [0, 0.1) is 13.8 Å². The van der Waals surface area contributed by atoms with E-state index in [4.69, 9.17) is 5.11 Å². The third-order valence-electron chi connectivity index (χ3n) is 2.89. The fraction of sp³-hybridized carbons (Fsp3) is 0.231. The SMILES string of the molecule is Cc1nc2cc(-c3nc(C)n(CC(=O)O)n3)ccc2s1. The molecule has 0 amide bonds. The van der Waals surface area contributed by atoms with Crippen LogP contribution in [0.4, 0.5) is 0 Å². The van der Waals surface area contributed by atoms with E-state index in [1.807, 2.05) is 25.1 Å². The molecule has 0 radical (unpaired) electrons. The first kappa shape index (κ1) is 12.7. The molecule has 2 heterocycles. The maximum atomic E-state index is 10.7. The average Bonchev–Trinajstić information content (AvgIpc) is 2.90. The molecule has 0 aliphatic heterocycles. The number of aromatic nitrogens is 4. The van der Waals surface area contributed by atoms with Crippen LogP contribution in [0.5, 0.6) is 0 Å². The van der Waals surface area contributed by atoms with E-state index in [2.05, 4.69) is 15.1 Å². The summed E-state index contributed by atoms with van der Waals surface area (Å²) in [5.41, 5.74) is 1.76. The molecular formula is C13H12N4O2S. The number of hydrogen-bond acceptors (Lipinski definition) is 5. The van der Waals surface area contributed by atoms with Crippen LogP contribution in [0.25, 0.3) is 21.6 Å². The molecule has 3 rings (SSSR count). The van der Waals surface area contributed by atoms with Crippen molar-refractivity contribution in [1.82, 2.24) is 19.7 Å². The van der Waals surface area contributed by atoms with Crippen LogP contribution in [0.2, 0.25) is 0 Å². The molecule has 0 saturated heterocycles. The molecule has 0 saturated carbocycles. The molecule has 7 heteroatoms. The van der Waals surface area contributed by atoms with Crippen LogP contribution >= 0.6 is 11.3 Å². The smallest absolute Gasteiger partial charge is 0.325 e. The molecule has 20 heavy (non-hydrogen) atoms. The van der Waals surface area contributed by atoms with E-state index < -0.39 is 5.97 Å². The second-order valence-electron chi connectivity index (χ2n) is 4.45. The molecule has 0 bridgehead atoms. The van der Waals surface area contributed by atoms with Crippen LogP contribution in [-0.2, 0) is 11.3 Å². The summed E-state index contributed by atoms with van der Waals surface area (Å²) < 4.78 is 2.50. The fourth-order valence-corrected chi connectivity index (χ4v) is 2.81. The van der Waals surface area contributed by atoms with Crippen molar-refractivity contribution in [3.63, 3.8) is 0 Å². The minimum atomic E-state index is -0.935. The summed E-state index contributed by atoms with van der Waals surface area (Å²) in [6.07, 6.45) is 0. The van der Waals surface area contributed by atoms with Crippen LogP contribution in [-0.4, -0.2) is 30.8 Å². The minimum absolute atomic E-state index is 0.184. The van der Waals surface area contributed by atoms with Crippen LogP contribution in [0.1, 0.15) is 10.8 Å². The second-order valence-corrected chi connectivity index (χ2v) is 5.68. The van der Waals surface area contributed by atoms with Crippen molar-refractivity contribution in [2.24, 2.45) is 0 Å². The van der Waals surface area contributed by atoms with Gasteiger partial charge in [-0.1, -0.05) is 0 Å². The van der Waals surface area contributed by atoms with Gasteiger partial charge >= 0.3 is 5.97 Å². The van der Waals surface area contributed by atoms with Gasteiger partial charge < -0.3 is 5.11 Å². The van der Waals surface area contributed by atoms with Gasteiger partial charge in [0.2, 0.25) is 0 Å². The second kappa shape index (κ2) is 4.68. The molecule has 2 aromatic heterocycles. The van der Waals surface area contributed by atoms with E-state index in [1.165, 1.54) is 4.68 Å². The molecule has 1 N–H and O–H groups in total. The first-order valence-corrected chi connectivity index (χ1v) is 6.85. The summed E-state index contributed by atoms with van der Waals surface area (Å²) in [5, 5.41) is 14.1. The molecule has 102 valence electrons. The van der Waals surface area contributed by atoms with Crippen LogP contribution < -0.4 is 0 Å². The molecule has 3 aromatic rings. The molecular weight excluding hydrogens is 276 g/mol. The highest BCUT2D eigenvalue weighted by atomic mass is 32.1. The predicted molar refractivity (Wildman–Crippen MR) is 75.7 cm³/mol. The monoisotopic (exact) mass is 288 g/mol. The number of rotatable bonds is 3. The van der Waals surface area contributed by atoms with E-state index in [0.29, 0.717) is 11.6 Å². The summed E-state index contributed by atoms with van der Waals surface area (Å²) in [4.78, 5) is 19.5. The Hall–Kier alpha value is -2.28. The maximum Gasteiger partial charge on any atom is 0.325 e. The fourth-order valence-electron chi connectivity index (χ4n) is 2.00. The first-order chi connectivity index (χ1) is 9.52. The number of aryl methyl sites for hydroxylation is 2. The van der Waals surface area contributed by atoms with Crippen LogP contribution in [0.15, 0.2) is 18.2 Å². The number of carboxylic acid groups (broad SMARTS) is 1. The number of carboxylic acids is 1. The van der Waals surface area contributed by atoms with Crippen molar-refractivity contribution < 1.29 is 9.90 Å². The highest BCUT2D eigenvalue weighted by molar-refractivity contribution is 7.18. The lowest BCUT2D eigenvalue weighted by Crippen LogP contribution is -2.11. The van der Waals surface area contributed by atoms with Gasteiger partial charge in [-0.25, -0.2) is 14.6 Å². The van der Waals surface area contributed by atoms with Crippen molar-refractivity contribution in [1.29, 1.82) is 0 Å². The Morgan fingerprint density at radius 2 is 2.15 bits per heavy atom. The van der Waals surface area contributed by atoms with Gasteiger partial charge in [-0.3, -0.25) is 4.79 Å². The Balaban J connectivity index is 2.03. The zero-order chi connectivity index (χ0) is 14.3. The summed E-state index contributed by atoms with van der Waals surface area (Å²) >= 11 is 1.64. The standard InChI is InChI=1S/C13H12N4O2S/c1-7-14-13(16-17(7)6-12(18)19)9-3-4-11-10(5-9)15-8(2)20-11/h3-5H,6H2,1-2H3,(H,18,19). The van der Waals surface area contributed by atoms with E-state index in [-0.39, 0.29) is 6.54 Å². The van der Waals surface area contributed by atoms with Gasteiger partial charge in [0.1, 0.15) is 12.4 Å². The quantitative estimate of drug-likeness (QED) is 0.799. The largest absolute Gasteiger partial charge is 0.480 e. The van der Waals surface area contributed by atoms with Gasteiger partial charge in [0.05, 0.1) is 15.2 Å². The van der Waals surface area contributed by atoms with Gasteiger partial charge in [-0.15, -0.1) is 11.3 Å². The van der Waals surface area contributed by atoms with Crippen molar-refractivity contribution in [2.45, 2.75) is 20.4 Å². The molecule has 0 spiro atoms. The van der Waals surface area contributed by atoms with E-state index >= 15 is 0 Å². The summed E-state index contributed by atoms with van der Waals surface area (Å²) in [6, 6.07) is 5.85. The van der Waals surface area contributed by atoms with Crippen molar-refractivity contribution >= 4 is 27.5 Å². The Morgan fingerprint density at radius 3 is 2.90 bits per heavy atom. The average molecular weight is 288 g/mol. The number of benzene rings is 1. The van der Waals surface area contributed by atoms with Gasteiger partial charge in [0.25, 0.3) is 0 Å². The third-order valence-corrected chi connectivity index (χ3v) is 3.85. The number of fused-ring (bicyclic) bond motifs is 1. The third kappa shape index (κ3) is 2.27. The summed E-state index contributed by atoms with van der Waals surface area (Å²) in [6.45, 7) is 3.52. The van der Waals surface area contributed by atoms with E-state index in [0.717, 1.165) is 20.8 Å². The Kier molecular flexibility index (Phi) is 2.98. The minimum Gasteiger partial charge on any atom is -0.480 e. The molecule has 0 atom stereocenters. The molecule has 0 aliphatic carbocycles. The zero-order valence-electron chi connectivity index (χ0n) is 11.0. The normalized spacial score (nSPS) is 11.1. The zero-order valence-corrected chi connectivity index (χ0v) is 11.8. The molecule has 1 aromatic carbocycles. The first-order valence-electron chi connectivity index (χ1n) is 6.04. The lowest BCUT2D eigenvalue weighted by Gasteiger charge is -1.96. The molecule has 0 fully saturated rings. The van der Waals surface area contributed by atoms with Gasteiger partial charge in [-0.2, -0.15) is 5.10 Å². The summed E-state index contributed by atoms with van der Waals surface area (Å²) in [5.74, 6) is 0.170. The Bertz CT molecular complexity index is 806. The van der Waals surface area contributed by atoms with Gasteiger partial charge in [0, 0.05) is 5.56 Å². The highest BCUT2D eigenvalue weighted by Crippen LogP contribution is 2.26. The topological polar surface area (TPSA) is 80.9 Å².